The lowest BCUT2D eigenvalue weighted by Gasteiger charge is -2.07. The second-order valence-electron chi connectivity index (χ2n) is 5.53. The second kappa shape index (κ2) is 9.81. The van der Waals surface area contributed by atoms with Crippen LogP contribution in [-0.4, -0.2) is 39.1 Å². The van der Waals surface area contributed by atoms with Gasteiger partial charge in [-0.1, -0.05) is 32.0 Å². The molecule has 0 unspecified atom stereocenters. The number of unbranched alkanes of at least 4 members (excludes halogenated alkanes) is 1. The third kappa shape index (κ3) is 5.48. The van der Waals surface area contributed by atoms with Crippen LogP contribution in [0.15, 0.2) is 29.4 Å². The maximum Gasteiger partial charge on any atom is 0.338 e. The molecule has 9 heteroatoms. The standard InChI is InChI=1S/C17H23N5O3S/c1-3-5-10-25-16(24)12-6-8-13(9-7-12)19-15(23)11-26-17-21-20-14(4-2)22(17)18/h6-9H,3-5,10-11,18H2,1-2H3,(H,19,23). The number of anilines is 1. The van der Waals surface area contributed by atoms with Crippen molar-refractivity contribution in [2.24, 2.45) is 0 Å². The number of nitrogens with two attached hydrogens (primary N) is 1. The number of amides is 1. The lowest BCUT2D eigenvalue weighted by atomic mass is 10.2. The van der Waals surface area contributed by atoms with Gasteiger partial charge in [-0.15, -0.1) is 10.2 Å². The van der Waals surface area contributed by atoms with Gasteiger partial charge in [0.1, 0.15) is 0 Å². The van der Waals surface area contributed by atoms with E-state index in [2.05, 4.69) is 15.5 Å². The lowest BCUT2D eigenvalue weighted by Crippen LogP contribution is -2.17. The Morgan fingerprint density at radius 3 is 2.58 bits per heavy atom. The van der Waals surface area contributed by atoms with Crippen LogP contribution in [0.2, 0.25) is 0 Å². The summed E-state index contributed by atoms with van der Waals surface area (Å²) in [7, 11) is 0. The molecule has 140 valence electrons. The van der Waals surface area contributed by atoms with E-state index in [0.29, 0.717) is 35.3 Å². The van der Waals surface area contributed by atoms with Gasteiger partial charge in [-0.25, -0.2) is 9.47 Å². The number of aromatic nitrogens is 3. The number of aryl methyl sites for hydroxylation is 1. The number of hydrogen-bond donors (Lipinski definition) is 2. The molecule has 26 heavy (non-hydrogen) atoms. The third-order valence-electron chi connectivity index (χ3n) is 3.52. The highest BCUT2D eigenvalue weighted by molar-refractivity contribution is 7.99. The van der Waals surface area contributed by atoms with E-state index in [0.717, 1.165) is 12.8 Å². The summed E-state index contributed by atoms with van der Waals surface area (Å²) < 4.78 is 6.53. The minimum atomic E-state index is -0.360. The number of nitrogen functional groups attached to an aromatic ring is 1. The largest absolute Gasteiger partial charge is 0.462 e. The van der Waals surface area contributed by atoms with Crippen molar-refractivity contribution < 1.29 is 14.3 Å². The number of nitrogens with zero attached hydrogens (tertiary/aromatic N) is 3. The van der Waals surface area contributed by atoms with E-state index in [1.807, 2.05) is 13.8 Å². The summed E-state index contributed by atoms with van der Waals surface area (Å²) in [4.78, 5) is 23.9. The number of nitrogens with one attached hydrogen (secondary N) is 1. The first-order valence-corrected chi connectivity index (χ1v) is 9.42. The van der Waals surface area contributed by atoms with Gasteiger partial charge in [0.2, 0.25) is 11.1 Å². The zero-order valence-corrected chi connectivity index (χ0v) is 15.7. The van der Waals surface area contributed by atoms with E-state index in [4.69, 9.17) is 10.6 Å². The van der Waals surface area contributed by atoms with Gasteiger partial charge in [0, 0.05) is 12.1 Å². The van der Waals surface area contributed by atoms with Crippen molar-refractivity contribution in [3.8, 4) is 0 Å². The Bertz CT molecular complexity index is 745. The molecule has 0 bridgehead atoms. The average molecular weight is 377 g/mol. The van der Waals surface area contributed by atoms with Crippen molar-refractivity contribution in [3.63, 3.8) is 0 Å². The minimum Gasteiger partial charge on any atom is -0.462 e. The molecule has 1 heterocycles. The van der Waals surface area contributed by atoms with Crippen LogP contribution in [0, 0.1) is 0 Å². The van der Waals surface area contributed by atoms with Crippen molar-refractivity contribution >= 4 is 29.3 Å². The molecule has 8 nitrogen and oxygen atoms in total. The molecule has 0 saturated carbocycles. The SMILES string of the molecule is CCCCOC(=O)c1ccc(NC(=O)CSc2nnc(CC)n2N)cc1. The Hall–Kier alpha value is -2.55. The van der Waals surface area contributed by atoms with Crippen molar-refractivity contribution in [1.82, 2.24) is 14.9 Å². The van der Waals surface area contributed by atoms with Crippen LogP contribution in [0.4, 0.5) is 5.69 Å². The fourth-order valence-corrected chi connectivity index (χ4v) is 2.73. The number of esters is 1. The molecular formula is C17H23N5O3S. The minimum absolute atomic E-state index is 0.153. The molecule has 2 rings (SSSR count). The summed E-state index contributed by atoms with van der Waals surface area (Å²) >= 11 is 1.21. The highest BCUT2D eigenvalue weighted by Crippen LogP contribution is 2.16. The van der Waals surface area contributed by atoms with Gasteiger partial charge in [-0.2, -0.15) is 0 Å². The molecule has 2 aromatic rings. The van der Waals surface area contributed by atoms with E-state index in [1.165, 1.54) is 16.4 Å². The first-order chi connectivity index (χ1) is 12.5. The van der Waals surface area contributed by atoms with E-state index in [1.54, 1.807) is 24.3 Å². The molecule has 0 atom stereocenters. The Balaban J connectivity index is 1.83. The molecule has 3 N–H and O–H groups in total. The summed E-state index contributed by atoms with van der Waals surface area (Å²) in [5.41, 5.74) is 1.06. The van der Waals surface area contributed by atoms with Gasteiger partial charge in [0.15, 0.2) is 5.82 Å². The van der Waals surface area contributed by atoms with Crippen LogP contribution < -0.4 is 11.2 Å². The van der Waals surface area contributed by atoms with Crippen LogP contribution in [0.25, 0.3) is 0 Å². The van der Waals surface area contributed by atoms with Gasteiger partial charge < -0.3 is 15.9 Å². The molecule has 0 spiro atoms. The third-order valence-corrected chi connectivity index (χ3v) is 4.46. The number of thioether (sulfide) groups is 1. The van der Waals surface area contributed by atoms with E-state index >= 15 is 0 Å². The smallest absolute Gasteiger partial charge is 0.338 e. The summed E-state index contributed by atoms with van der Waals surface area (Å²) in [6.07, 6.45) is 2.48. The number of rotatable bonds is 9. The van der Waals surface area contributed by atoms with Crippen LogP contribution >= 0.6 is 11.8 Å². The molecule has 0 fully saturated rings. The van der Waals surface area contributed by atoms with Crippen molar-refractivity contribution in [1.29, 1.82) is 0 Å². The molecule has 0 aliphatic carbocycles. The molecule has 0 aliphatic rings. The lowest BCUT2D eigenvalue weighted by molar-refractivity contribution is -0.113. The summed E-state index contributed by atoms with van der Waals surface area (Å²) in [5.74, 6) is 6.09. The number of carbonyl (C=O) groups is 2. The molecule has 0 saturated heterocycles. The van der Waals surface area contributed by atoms with Crippen molar-refractivity contribution in [2.75, 3.05) is 23.5 Å². The molecule has 0 aliphatic heterocycles. The number of benzene rings is 1. The van der Waals surface area contributed by atoms with E-state index in [9.17, 15) is 9.59 Å². The van der Waals surface area contributed by atoms with Crippen molar-refractivity contribution in [3.05, 3.63) is 35.7 Å². The van der Waals surface area contributed by atoms with Crippen molar-refractivity contribution in [2.45, 2.75) is 38.3 Å². The van der Waals surface area contributed by atoms with E-state index in [-0.39, 0.29) is 17.6 Å². The molecule has 0 radical (unpaired) electrons. The fourth-order valence-electron chi connectivity index (χ4n) is 2.06. The predicted octanol–water partition coefficient (Wildman–Crippen LogP) is 2.24. The van der Waals surface area contributed by atoms with Gasteiger partial charge >= 0.3 is 5.97 Å². The Labute approximate surface area is 156 Å². The first-order valence-electron chi connectivity index (χ1n) is 8.44. The number of hydrogen-bond acceptors (Lipinski definition) is 7. The monoisotopic (exact) mass is 377 g/mol. The maximum absolute atomic E-state index is 12.0. The Morgan fingerprint density at radius 1 is 1.23 bits per heavy atom. The maximum atomic E-state index is 12.0. The molecule has 1 amide bonds. The number of carbonyl (C=O) groups excluding carboxylic acids is 2. The van der Waals surface area contributed by atoms with Crippen LogP contribution in [-0.2, 0) is 16.0 Å². The van der Waals surface area contributed by atoms with Gasteiger partial charge in [0.05, 0.1) is 17.9 Å². The second-order valence-corrected chi connectivity index (χ2v) is 6.47. The van der Waals surface area contributed by atoms with Crippen LogP contribution in [0.5, 0.6) is 0 Å². The zero-order chi connectivity index (χ0) is 18.9. The summed E-state index contributed by atoms with van der Waals surface area (Å²) in [5, 5.41) is 11.1. The number of ether oxygens (including phenoxy) is 1. The van der Waals surface area contributed by atoms with Gasteiger partial charge in [-0.05, 0) is 30.7 Å². The average Bonchev–Trinajstić information content (AvgIpc) is 3.00. The molecule has 1 aromatic carbocycles. The quantitative estimate of drug-likeness (QED) is 0.298. The topological polar surface area (TPSA) is 112 Å². The van der Waals surface area contributed by atoms with E-state index < -0.39 is 0 Å². The molecular weight excluding hydrogens is 354 g/mol. The Morgan fingerprint density at radius 2 is 1.96 bits per heavy atom. The summed E-state index contributed by atoms with van der Waals surface area (Å²) in [6, 6.07) is 6.58. The van der Waals surface area contributed by atoms with Gasteiger partial charge in [0.25, 0.3) is 0 Å². The molecule has 1 aromatic heterocycles. The predicted molar refractivity (Wildman–Crippen MR) is 101 cm³/mol. The van der Waals surface area contributed by atoms with Gasteiger partial charge in [-0.3, -0.25) is 4.79 Å². The Kier molecular flexibility index (Phi) is 7.46. The summed E-state index contributed by atoms with van der Waals surface area (Å²) in [6.45, 7) is 4.37. The van der Waals surface area contributed by atoms with Crippen LogP contribution in [0.1, 0.15) is 42.9 Å². The first kappa shape index (κ1) is 19.8. The zero-order valence-electron chi connectivity index (χ0n) is 14.9. The van der Waals surface area contributed by atoms with Crippen LogP contribution in [0.3, 0.4) is 0 Å². The fraction of sp³-hybridized carbons (Fsp3) is 0.412. The highest BCUT2D eigenvalue weighted by atomic mass is 32.2. The highest BCUT2D eigenvalue weighted by Gasteiger charge is 2.12. The normalized spacial score (nSPS) is 10.5.